The van der Waals surface area contributed by atoms with E-state index in [1.54, 1.807) is 7.11 Å². The molecule has 0 radical (unpaired) electrons. The number of benzene rings is 1. The fourth-order valence-electron chi connectivity index (χ4n) is 2.77. The lowest BCUT2D eigenvalue weighted by Crippen LogP contribution is -2.38. The monoisotopic (exact) mass is 290 g/mol. The molecule has 1 saturated heterocycles. The maximum atomic E-state index is 12.2. The van der Waals surface area contributed by atoms with E-state index in [1.165, 1.54) is 6.42 Å². The molecule has 0 unspecified atom stereocenters. The van der Waals surface area contributed by atoms with Crippen molar-refractivity contribution in [3.8, 4) is 0 Å². The molecule has 1 amide bonds. The number of rotatable bonds is 7. The highest BCUT2D eigenvalue weighted by Crippen LogP contribution is 2.19. The average Bonchev–Trinajstić information content (AvgIpc) is 2.53. The third-order valence-electron chi connectivity index (χ3n) is 4.07. The Morgan fingerprint density at radius 3 is 2.62 bits per heavy atom. The Hall–Kier alpha value is -1.39. The van der Waals surface area contributed by atoms with Gasteiger partial charge in [-0.15, -0.1) is 0 Å². The van der Waals surface area contributed by atoms with Crippen molar-refractivity contribution in [2.45, 2.75) is 25.7 Å². The smallest absolute Gasteiger partial charge is 0.227 e. The van der Waals surface area contributed by atoms with Crippen LogP contribution in [0.3, 0.4) is 0 Å². The first kappa shape index (κ1) is 16.0. The van der Waals surface area contributed by atoms with Crippen LogP contribution in [0.1, 0.15) is 25.7 Å². The molecule has 21 heavy (non-hydrogen) atoms. The van der Waals surface area contributed by atoms with Gasteiger partial charge in [-0.25, -0.2) is 0 Å². The van der Waals surface area contributed by atoms with Gasteiger partial charge in [-0.2, -0.15) is 0 Å². The van der Waals surface area contributed by atoms with Crippen molar-refractivity contribution >= 4 is 11.6 Å². The number of anilines is 1. The highest BCUT2D eigenvalue weighted by Gasteiger charge is 2.24. The van der Waals surface area contributed by atoms with Gasteiger partial charge in [0, 0.05) is 25.3 Å². The first-order valence-corrected chi connectivity index (χ1v) is 7.87. The summed E-state index contributed by atoms with van der Waals surface area (Å²) in [5, 5.41) is 3.01. The first-order chi connectivity index (χ1) is 10.3. The molecule has 1 N–H and O–H groups in total. The van der Waals surface area contributed by atoms with Crippen LogP contribution in [0.4, 0.5) is 5.69 Å². The normalized spacial score (nSPS) is 16.8. The lowest BCUT2D eigenvalue weighted by atomic mass is 9.95. The van der Waals surface area contributed by atoms with Crippen molar-refractivity contribution in [3.05, 3.63) is 30.3 Å². The summed E-state index contributed by atoms with van der Waals surface area (Å²) in [4.78, 5) is 14.7. The number of hydrogen-bond acceptors (Lipinski definition) is 3. The Labute approximate surface area is 127 Å². The minimum atomic E-state index is 0.153. The Kier molecular flexibility index (Phi) is 6.70. The van der Waals surface area contributed by atoms with E-state index in [9.17, 15) is 4.79 Å². The van der Waals surface area contributed by atoms with Gasteiger partial charge in [0.15, 0.2) is 0 Å². The van der Waals surface area contributed by atoms with Gasteiger partial charge >= 0.3 is 0 Å². The molecule has 0 spiro atoms. The van der Waals surface area contributed by atoms with Crippen LogP contribution in [0.2, 0.25) is 0 Å². The van der Waals surface area contributed by atoms with Crippen LogP contribution >= 0.6 is 0 Å². The lowest BCUT2D eigenvalue weighted by molar-refractivity contribution is -0.121. The summed E-state index contributed by atoms with van der Waals surface area (Å²) in [7, 11) is 1.75. The summed E-state index contributed by atoms with van der Waals surface area (Å²) in [6, 6.07) is 9.71. The van der Waals surface area contributed by atoms with Crippen LogP contribution in [-0.2, 0) is 9.53 Å². The molecule has 0 atom stereocenters. The SMILES string of the molecule is COCCCCN1CCC(C(=O)Nc2ccccc2)CC1. The Balaban J connectivity index is 1.67. The predicted molar refractivity (Wildman–Crippen MR) is 85.3 cm³/mol. The molecule has 1 aromatic rings. The second kappa shape index (κ2) is 8.80. The van der Waals surface area contributed by atoms with Gasteiger partial charge in [0.1, 0.15) is 0 Å². The number of hydrogen-bond donors (Lipinski definition) is 1. The maximum Gasteiger partial charge on any atom is 0.227 e. The van der Waals surface area contributed by atoms with E-state index in [4.69, 9.17) is 4.74 Å². The highest BCUT2D eigenvalue weighted by atomic mass is 16.5. The zero-order chi connectivity index (χ0) is 14.9. The van der Waals surface area contributed by atoms with Crippen molar-refractivity contribution in [2.24, 2.45) is 5.92 Å². The number of unbranched alkanes of at least 4 members (excludes halogenated alkanes) is 1. The number of methoxy groups -OCH3 is 1. The van der Waals surface area contributed by atoms with E-state index in [1.807, 2.05) is 30.3 Å². The summed E-state index contributed by atoms with van der Waals surface area (Å²) < 4.78 is 5.06. The van der Waals surface area contributed by atoms with Crippen molar-refractivity contribution in [3.63, 3.8) is 0 Å². The van der Waals surface area contributed by atoms with Gasteiger partial charge in [0.2, 0.25) is 5.91 Å². The summed E-state index contributed by atoms with van der Waals surface area (Å²) in [5.41, 5.74) is 0.893. The van der Waals surface area contributed by atoms with E-state index in [2.05, 4.69) is 10.2 Å². The fourth-order valence-corrected chi connectivity index (χ4v) is 2.77. The molecule has 1 aliphatic rings. The molecule has 1 aliphatic heterocycles. The number of para-hydroxylation sites is 1. The van der Waals surface area contributed by atoms with Gasteiger partial charge in [0.25, 0.3) is 0 Å². The van der Waals surface area contributed by atoms with Crippen LogP contribution in [0.25, 0.3) is 0 Å². The lowest BCUT2D eigenvalue weighted by Gasteiger charge is -2.31. The number of likely N-dealkylation sites (tertiary alicyclic amines) is 1. The molecular formula is C17H26N2O2. The van der Waals surface area contributed by atoms with Gasteiger partial charge in [-0.05, 0) is 57.5 Å². The third kappa shape index (κ3) is 5.48. The zero-order valence-electron chi connectivity index (χ0n) is 12.9. The van der Waals surface area contributed by atoms with E-state index >= 15 is 0 Å². The minimum absolute atomic E-state index is 0.153. The minimum Gasteiger partial charge on any atom is -0.385 e. The molecule has 1 aromatic carbocycles. The van der Waals surface area contributed by atoms with Crippen LogP contribution in [-0.4, -0.2) is 44.2 Å². The molecule has 4 heteroatoms. The van der Waals surface area contributed by atoms with Gasteiger partial charge < -0.3 is 15.0 Å². The summed E-state index contributed by atoms with van der Waals surface area (Å²) in [6.45, 7) is 4.02. The molecular weight excluding hydrogens is 264 g/mol. The summed E-state index contributed by atoms with van der Waals surface area (Å²) in [5.74, 6) is 0.320. The van der Waals surface area contributed by atoms with E-state index in [0.717, 1.165) is 51.2 Å². The van der Waals surface area contributed by atoms with Crippen molar-refractivity contribution in [1.82, 2.24) is 4.90 Å². The van der Waals surface area contributed by atoms with E-state index < -0.39 is 0 Å². The predicted octanol–water partition coefficient (Wildman–Crippen LogP) is 2.76. The third-order valence-corrected chi connectivity index (χ3v) is 4.07. The van der Waals surface area contributed by atoms with Gasteiger partial charge in [-0.3, -0.25) is 4.79 Å². The fraction of sp³-hybridized carbons (Fsp3) is 0.588. The number of amides is 1. The van der Waals surface area contributed by atoms with E-state index in [-0.39, 0.29) is 11.8 Å². The second-order valence-corrected chi connectivity index (χ2v) is 5.67. The van der Waals surface area contributed by atoms with Crippen LogP contribution in [0, 0.1) is 5.92 Å². The van der Waals surface area contributed by atoms with E-state index in [0.29, 0.717) is 0 Å². The van der Waals surface area contributed by atoms with Crippen LogP contribution in [0.5, 0.6) is 0 Å². The largest absolute Gasteiger partial charge is 0.385 e. The number of nitrogens with zero attached hydrogens (tertiary/aromatic N) is 1. The van der Waals surface area contributed by atoms with Crippen molar-refractivity contribution < 1.29 is 9.53 Å². The number of carbonyl (C=O) groups excluding carboxylic acids is 1. The van der Waals surface area contributed by atoms with Gasteiger partial charge in [-0.1, -0.05) is 18.2 Å². The standard InChI is InChI=1S/C17H26N2O2/c1-21-14-6-5-11-19-12-9-15(10-13-19)17(20)18-16-7-3-2-4-8-16/h2-4,7-8,15H,5-6,9-14H2,1H3,(H,18,20). The first-order valence-electron chi connectivity index (χ1n) is 7.87. The molecule has 0 bridgehead atoms. The summed E-state index contributed by atoms with van der Waals surface area (Å²) >= 11 is 0. The van der Waals surface area contributed by atoms with Crippen LogP contribution in [0.15, 0.2) is 30.3 Å². The number of nitrogens with one attached hydrogen (secondary N) is 1. The maximum absolute atomic E-state index is 12.2. The Bertz CT molecular complexity index is 414. The highest BCUT2D eigenvalue weighted by molar-refractivity contribution is 5.92. The molecule has 0 aliphatic carbocycles. The average molecular weight is 290 g/mol. The molecule has 1 heterocycles. The topological polar surface area (TPSA) is 41.6 Å². The van der Waals surface area contributed by atoms with Crippen molar-refractivity contribution in [1.29, 1.82) is 0 Å². The molecule has 116 valence electrons. The number of ether oxygens (including phenoxy) is 1. The molecule has 0 aromatic heterocycles. The molecule has 0 saturated carbocycles. The van der Waals surface area contributed by atoms with Gasteiger partial charge in [0.05, 0.1) is 0 Å². The second-order valence-electron chi connectivity index (χ2n) is 5.67. The zero-order valence-corrected chi connectivity index (χ0v) is 12.9. The Morgan fingerprint density at radius 2 is 1.95 bits per heavy atom. The Morgan fingerprint density at radius 1 is 1.24 bits per heavy atom. The summed E-state index contributed by atoms with van der Waals surface area (Å²) in [6.07, 6.45) is 4.21. The van der Waals surface area contributed by atoms with Crippen LogP contribution < -0.4 is 5.32 Å². The molecule has 4 nitrogen and oxygen atoms in total. The molecule has 1 fully saturated rings. The number of carbonyl (C=O) groups is 1. The van der Waals surface area contributed by atoms with Crippen molar-refractivity contribution in [2.75, 3.05) is 38.7 Å². The number of piperidine rings is 1. The molecule has 2 rings (SSSR count). The quantitative estimate of drug-likeness (QED) is 0.785.